The lowest BCUT2D eigenvalue weighted by Crippen LogP contribution is -2.43. The van der Waals surface area contributed by atoms with Crippen LogP contribution in [0.2, 0.25) is 0 Å². The Morgan fingerprint density at radius 2 is 1.75 bits per heavy atom. The van der Waals surface area contributed by atoms with Gasteiger partial charge in [0.05, 0.1) is 7.11 Å². The van der Waals surface area contributed by atoms with E-state index < -0.39 is 0 Å². The lowest BCUT2D eigenvalue weighted by atomic mass is 10.1. The number of carbonyl (C=O) groups excluding carboxylic acids is 1. The number of hydrogen-bond donors (Lipinski definition) is 2. The third kappa shape index (κ3) is 5.59. The molecule has 2 aromatic rings. The van der Waals surface area contributed by atoms with Gasteiger partial charge >= 0.3 is 6.03 Å². The smallest absolute Gasteiger partial charge is 0.319 e. The van der Waals surface area contributed by atoms with Crippen LogP contribution in [-0.2, 0) is 6.42 Å². The summed E-state index contributed by atoms with van der Waals surface area (Å²) in [5.74, 6) is 0.761. The fraction of sp³-hybridized carbons (Fsp3) is 0.316. The second kappa shape index (κ2) is 8.93. The van der Waals surface area contributed by atoms with Gasteiger partial charge in [0.1, 0.15) is 5.75 Å². The first-order valence-electron chi connectivity index (χ1n) is 7.97. The molecular formula is C19H25N3O2. The molecule has 0 radical (unpaired) electrons. The van der Waals surface area contributed by atoms with Gasteiger partial charge in [-0.05, 0) is 50.3 Å². The van der Waals surface area contributed by atoms with Crippen molar-refractivity contribution < 1.29 is 9.53 Å². The Kier molecular flexibility index (Phi) is 6.63. The Balaban J connectivity index is 1.85. The Morgan fingerprint density at radius 1 is 1.08 bits per heavy atom. The zero-order valence-corrected chi connectivity index (χ0v) is 14.5. The van der Waals surface area contributed by atoms with Gasteiger partial charge in [0.25, 0.3) is 0 Å². The summed E-state index contributed by atoms with van der Waals surface area (Å²) in [4.78, 5) is 14.2. The lowest BCUT2D eigenvalue weighted by Gasteiger charge is -2.25. The van der Waals surface area contributed by atoms with Gasteiger partial charge in [-0.2, -0.15) is 0 Å². The van der Waals surface area contributed by atoms with Crippen LogP contribution in [0.3, 0.4) is 0 Å². The molecular weight excluding hydrogens is 302 g/mol. The zero-order chi connectivity index (χ0) is 17.4. The summed E-state index contributed by atoms with van der Waals surface area (Å²) in [6.07, 6.45) is 0.886. The van der Waals surface area contributed by atoms with Crippen LogP contribution in [0.4, 0.5) is 10.5 Å². The molecule has 0 aromatic heterocycles. The molecule has 0 aliphatic heterocycles. The highest BCUT2D eigenvalue weighted by atomic mass is 16.5. The molecule has 0 spiro atoms. The number of rotatable bonds is 7. The number of nitrogens with one attached hydrogen (secondary N) is 2. The second-order valence-electron chi connectivity index (χ2n) is 5.87. The highest BCUT2D eigenvalue weighted by Gasteiger charge is 2.13. The van der Waals surface area contributed by atoms with E-state index in [2.05, 4.69) is 27.7 Å². The average Bonchev–Trinajstić information content (AvgIpc) is 2.60. The SMILES string of the molecule is COc1ccc(NC(=O)NC[C@@H](Cc2ccccc2)N(C)C)cc1. The predicted molar refractivity (Wildman–Crippen MR) is 97.6 cm³/mol. The van der Waals surface area contributed by atoms with E-state index in [0.29, 0.717) is 6.54 Å². The topological polar surface area (TPSA) is 53.6 Å². The van der Waals surface area contributed by atoms with Crippen molar-refractivity contribution in [2.75, 3.05) is 33.1 Å². The molecule has 2 aromatic carbocycles. The molecule has 2 amide bonds. The van der Waals surface area contributed by atoms with Crippen molar-refractivity contribution in [2.45, 2.75) is 12.5 Å². The third-order valence-corrected chi connectivity index (χ3v) is 3.89. The van der Waals surface area contributed by atoms with Crippen molar-refractivity contribution in [1.29, 1.82) is 0 Å². The van der Waals surface area contributed by atoms with E-state index >= 15 is 0 Å². The minimum Gasteiger partial charge on any atom is -0.497 e. The molecule has 1 atom stereocenters. The van der Waals surface area contributed by atoms with Gasteiger partial charge in [0.15, 0.2) is 0 Å². The lowest BCUT2D eigenvalue weighted by molar-refractivity contribution is 0.242. The van der Waals surface area contributed by atoms with Crippen LogP contribution in [0, 0.1) is 0 Å². The quantitative estimate of drug-likeness (QED) is 0.822. The van der Waals surface area contributed by atoms with E-state index in [-0.39, 0.29) is 12.1 Å². The highest BCUT2D eigenvalue weighted by Crippen LogP contribution is 2.14. The molecule has 0 saturated heterocycles. The summed E-state index contributed by atoms with van der Waals surface area (Å²) >= 11 is 0. The molecule has 0 saturated carbocycles. The Labute approximate surface area is 143 Å². The minimum atomic E-state index is -0.208. The van der Waals surface area contributed by atoms with Gasteiger partial charge in [0.2, 0.25) is 0 Å². The molecule has 128 valence electrons. The Hall–Kier alpha value is -2.53. The monoisotopic (exact) mass is 327 g/mol. The summed E-state index contributed by atoms with van der Waals surface area (Å²) in [6.45, 7) is 0.573. The number of methoxy groups -OCH3 is 1. The van der Waals surface area contributed by atoms with E-state index in [1.165, 1.54) is 5.56 Å². The minimum absolute atomic E-state index is 0.208. The first kappa shape index (κ1) is 17.8. The number of amides is 2. The number of urea groups is 1. The fourth-order valence-electron chi connectivity index (χ4n) is 2.38. The average molecular weight is 327 g/mol. The van der Waals surface area contributed by atoms with Crippen LogP contribution < -0.4 is 15.4 Å². The van der Waals surface area contributed by atoms with Crippen LogP contribution in [0.15, 0.2) is 54.6 Å². The summed E-state index contributed by atoms with van der Waals surface area (Å²) < 4.78 is 5.10. The van der Waals surface area contributed by atoms with E-state index in [1.54, 1.807) is 7.11 Å². The zero-order valence-electron chi connectivity index (χ0n) is 14.5. The molecule has 0 fully saturated rings. The first-order chi connectivity index (χ1) is 11.6. The number of hydrogen-bond acceptors (Lipinski definition) is 3. The van der Waals surface area contributed by atoms with Gasteiger partial charge in [-0.25, -0.2) is 4.79 Å². The van der Waals surface area contributed by atoms with Gasteiger partial charge in [-0.3, -0.25) is 0 Å². The maximum Gasteiger partial charge on any atom is 0.319 e. The summed E-state index contributed by atoms with van der Waals surface area (Å²) in [7, 11) is 5.66. The fourth-order valence-corrected chi connectivity index (χ4v) is 2.38. The van der Waals surface area contributed by atoms with Crippen LogP contribution in [0.1, 0.15) is 5.56 Å². The number of carbonyl (C=O) groups is 1. The van der Waals surface area contributed by atoms with E-state index in [0.717, 1.165) is 17.9 Å². The number of ether oxygens (including phenoxy) is 1. The molecule has 0 heterocycles. The molecule has 0 unspecified atom stereocenters. The molecule has 5 heteroatoms. The molecule has 0 aliphatic rings. The Bertz CT molecular complexity index is 627. The number of benzene rings is 2. The Morgan fingerprint density at radius 3 is 2.33 bits per heavy atom. The summed E-state index contributed by atoms with van der Waals surface area (Å²) in [6, 6.07) is 17.6. The number of likely N-dealkylation sites (N-methyl/N-ethyl adjacent to an activating group) is 1. The first-order valence-corrected chi connectivity index (χ1v) is 7.97. The molecule has 5 nitrogen and oxygen atoms in total. The number of anilines is 1. The van der Waals surface area contributed by atoms with Crippen molar-refractivity contribution in [3.8, 4) is 5.75 Å². The molecule has 0 bridgehead atoms. The molecule has 24 heavy (non-hydrogen) atoms. The highest BCUT2D eigenvalue weighted by molar-refractivity contribution is 5.89. The largest absolute Gasteiger partial charge is 0.497 e. The van der Waals surface area contributed by atoms with Gasteiger partial charge in [-0.15, -0.1) is 0 Å². The van der Waals surface area contributed by atoms with Crippen LogP contribution in [-0.4, -0.2) is 44.7 Å². The van der Waals surface area contributed by atoms with Crippen molar-refractivity contribution in [3.63, 3.8) is 0 Å². The van der Waals surface area contributed by atoms with Gasteiger partial charge < -0.3 is 20.3 Å². The van der Waals surface area contributed by atoms with Gasteiger partial charge in [-0.1, -0.05) is 30.3 Å². The molecule has 0 aliphatic carbocycles. The second-order valence-corrected chi connectivity index (χ2v) is 5.87. The normalized spacial score (nSPS) is 11.8. The summed E-state index contributed by atoms with van der Waals surface area (Å²) in [5.41, 5.74) is 1.99. The van der Waals surface area contributed by atoms with E-state index in [1.807, 2.05) is 56.6 Å². The van der Waals surface area contributed by atoms with Crippen LogP contribution in [0.25, 0.3) is 0 Å². The molecule has 2 N–H and O–H groups in total. The van der Waals surface area contributed by atoms with Crippen LogP contribution in [0.5, 0.6) is 5.75 Å². The van der Waals surface area contributed by atoms with Gasteiger partial charge in [0, 0.05) is 18.3 Å². The summed E-state index contributed by atoms with van der Waals surface area (Å²) in [5, 5.41) is 5.77. The van der Waals surface area contributed by atoms with Crippen molar-refractivity contribution in [1.82, 2.24) is 10.2 Å². The maximum atomic E-state index is 12.1. The van der Waals surface area contributed by atoms with Crippen molar-refractivity contribution in [2.24, 2.45) is 0 Å². The third-order valence-electron chi connectivity index (χ3n) is 3.89. The van der Waals surface area contributed by atoms with E-state index in [9.17, 15) is 4.79 Å². The number of nitrogens with zero attached hydrogens (tertiary/aromatic N) is 1. The molecule has 2 rings (SSSR count). The maximum absolute atomic E-state index is 12.1. The van der Waals surface area contributed by atoms with Crippen LogP contribution >= 0.6 is 0 Å². The van der Waals surface area contributed by atoms with Crippen molar-refractivity contribution >= 4 is 11.7 Å². The van der Waals surface area contributed by atoms with E-state index in [4.69, 9.17) is 4.74 Å². The standard InChI is InChI=1S/C19H25N3O2/c1-22(2)17(13-15-7-5-4-6-8-15)14-20-19(23)21-16-9-11-18(24-3)12-10-16/h4-12,17H,13-14H2,1-3H3,(H2,20,21,23)/t17-/m1/s1. The predicted octanol–water partition coefficient (Wildman–Crippen LogP) is 2.99. The van der Waals surface area contributed by atoms with Crippen molar-refractivity contribution in [3.05, 3.63) is 60.2 Å².